The van der Waals surface area contributed by atoms with E-state index in [1.165, 1.54) is 0 Å². The number of aromatic nitrogens is 1. The second-order valence-electron chi connectivity index (χ2n) is 2.67. The van der Waals surface area contributed by atoms with Crippen molar-refractivity contribution in [2.75, 3.05) is 0 Å². The molecule has 0 bridgehead atoms. The van der Waals surface area contributed by atoms with Gasteiger partial charge in [-0.05, 0) is 32.9 Å². The van der Waals surface area contributed by atoms with Gasteiger partial charge in [-0.3, -0.25) is 4.98 Å². The van der Waals surface area contributed by atoms with Crippen LogP contribution in [0.15, 0.2) is 12.1 Å². The van der Waals surface area contributed by atoms with Crippen molar-refractivity contribution in [2.24, 2.45) is 5.73 Å². The van der Waals surface area contributed by atoms with Crippen molar-refractivity contribution in [3.63, 3.8) is 0 Å². The number of terminal acetylenes is 1. The summed E-state index contributed by atoms with van der Waals surface area (Å²) >= 11 is 0. The maximum Gasteiger partial charge on any atom is 0.0676 e. The van der Waals surface area contributed by atoms with Gasteiger partial charge in [-0.2, -0.15) is 0 Å². The molecule has 0 saturated carbocycles. The van der Waals surface area contributed by atoms with E-state index in [1.807, 2.05) is 59.8 Å². The molecule has 0 amide bonds. The third-order valence-corrected chi connectivity index (χ3v) is 1.55. The van der Waals surface area contributed by atoms with Crippen LogP contribution < -0.4 is 16.3 Å². The SMILES string of the molecule is C#CC.C/C=c1/nc(C)cc/c1=C/N.CC.CC. The minimum atomic E-state index is 0.951. The molecule has 0 atom stereocenters. The summed E-state index contributed by atoms with van der Waals surface area (Å²) < 4.78 is 0. The summed E-state index contributed by atoms with van der Waals surface area (Å²) in [6.07, 6.45) is 8.12. The Morgan fingerprint density at radius 2 is 1.67 bits per heavy atom. The molecule has 18 heavy (non-hydrogen) atoms. The minimum absolute atomic E-state index is 0.951. The van der Waals surface area contributed by atoms with E-state index < -0.39 is 0 Å². The fourth-order valence-corrected chi connectivity index (χ4v) is 0.960. The van der Waals surface area contributed by atoms with E-state index in [0.29, 0.717) is 0 Å². The molecule has 0 saturated heterocycles. The molecule has 1 rings (SSSR count). The van der Waals surface area contributed by atoms with Crippen molar-refractivity contribution in [2.45, 2.75) is 48.5 Å². The molecule has 0 aliphatic heterocycles. The van der Waals surface area contributed by atoms with Crippen LogP contribution in [0.3, 0.4) is 0 Å². The summed E-state index contributed by atoms with van der Waals surface area (Å²) in [7, 11) is 0. The van der Waals surface area contributed by atoms with Crippen molar-refractivity contribution in [1.29, 1.82) is 0 Å². The molecule has 1 aromatic rings. The van der Waals surface area contributed by atoms with E-state index in [-0.39, 0.29) is 0 Å². The quantitative estimate of drug-likeness (QED) is 0.717. The van der Waals surface area contributed by atoms with Crippen molar-refractivity contribution < 1.29 is 0 Å². The molecule has 2 nitrogen and oxygen atoms in total. The van der Waals surface area contributed by atoms with Crippen LogP contribution in [0, 0.1) is 19.3 Å². The molecule has 0 unspecified atom stereocenters. The number of rotatable bonds is 0. The summed E-state index contributed by atoms with van der Waals surface area (Å²) in [6.45, 7) is 13.6. The highest BCUT2D eigenvalue weighted by atomic mass is 14.7. The van der Waals surface area contributed by atoms with E-state index in [1.54, 1.807) is 13.1 Å². The first-order valence-corrected chi connectivity index (χ1v) is 6.38. The van der Waals surface area contributed by atoms with E-state index in [4.69, 9.17) is 5.73 Å². The van der Waals surface area contributed by atoms with Crippen molar-refractivity contribution >= 4 is 12.3 Å². The molecule has 102 valence electrons. The average molecular weight is 248 g/mol. The molecule has 0 fully saturated rings. The monoisotopic (exact) mass is 248 g/mol. The van der Waals surface area contributed by atoms with Crippen LogP contribution in [0.4, 0.5) is 0 Å². The van der Waals surface area contributed by atoms with E-state index in [2.05, 4.69) is 17.3 Å². The molecule has 1 aromatic heterocycles. The Hall–Kier alpha value is -1.75. The summed E-state index contributed by atoms with van der Waals surface area (Å²) in [5.41, 5.74) is 6.41. The molecule has 2 N–H and O–H groups in total. The van der Waals surface area contributed by atoms with Crippen molar-refractivity contribution in [1.82, 2.24) is 4.98 Å². The summed E-state index contributed by atoms with van der Waals surface area (Å²) in [6, 6.07) is 3.92. The fraction of sp³-hybridized carbons (Fsp3) is 0.438. The Morgan fingerprint density at radius 1 is 1.22 bits per heavy atom. The Morgan fingerprint density at radius 3 is 2.00 bits per heavy atom. The molecule has 0 radical (unpaired) electrons. The van der Waals surface area contributed by atoms with Gasteiger partial charge < -0.3 is 5.73 Å². The van der Waals surface area contributed by atoms with E-state index in [0.717, 1.165) is 16.3 Å². The molecular formula is C16H28N2. The van der Waals surface area contributed by atoms with Crippen molar-refractivity contribution in [3.8, 4) is 12.3 Å². The standard InChI is InChI=1S/C9H12N2.C3H4.2C2H6/c1-3-9-8(6-10)5-4-7(2)11-9;1-3-2;2*1-2/h3-6H,10H2,1-2H3;1H,2H3;2*1-2H3/b8-6-,9-3+;;;. The largest absolute Gasteiger partial charge is 0.404 e. The number of hydrogen-bond acceptors (Lipinski definition) is 2. The Bertz CT molecular complexity index is 425. The summed E-state index contributed by atoms with van der Waals surface area (Å²) in [5.74, 6) is 2.25. The van der Waals surface area contributed by atoms with Gasteiger partial charge in [0.15, 0.2) is 0 Å². The normalized spacial score (nSPS) is 9.67. The van der Waals surface area contributed by atoms with Gasteiger partial charge in [-0.1, -0.05) is 33.8 Å². The predicted octanol–water partition coefficient (Wildman–Crippen LogP) is 2.58. The lowest BCUT2D eigenvalue weighted by Crippen LogP contribution is -2.29. The van der Waals surface area contributed by atoms with Gasteiger partial charge in [0, 0.05) is 17.1 Å². The van der Waals surface area contributed by atoms with E-state index in [9.17, 15) is 0 Å². The highest BCUT2D eigenvalue weighted by molar-refractivity contribution is 5.25. The van der Waals surface area contributed by atoms with Crippen LogP contribution >= 0.6 is 0 Å². The maximum absolute atomic E-state index is 5.39. The van der Waals surface area contributed by atoms with Crippen LogP contribution in [0.1, 0.15) is 47.2 Å². The zero-order valence-corrected chi connectivity index (χ0v) is 12.9. The van der Waals surface area contributed by atoms with Gasteiger partial charge in [0.2, 0.25) is 0 Å². The van der Waals surface area contributed by atoms with Crippen LogP contribution in [0.5, 0.6) is 0 Å². The van der Waals surface area contributed by atoms with E-state index >= 15 is 0 Å². The second-order valence-corrected chi connectivity index (χ2v) is 2.67. The van der Waals surface area contributed by atoms with Gasteiger partial charge in [-0.15, -0.1) is 12.3 Å². The molecule has 0 spiro atoms. The average Bonchev–Trinajstić information content (AvgIpc) is 2.44. The van der Waals surface area contributed by atoms with Gasteiger partial charge in [0.1, 0.15) is 0 Å². The fourth-order valence-electron chi connectivity index (χ4n) is 0.960. The number of nitrogens with zero attached hydrogens (tertiary/aromatic N) is 1. The van der Waals surface area contributed by atoms with Gasteiger partial charge in [0.25, 0.3) is 0 Å². The number of aryl methyl sites for hydroxylation is 1. The smallest absolute Gasteiger partial charge is 0.0676 e. The highest BCUT2D eigenvalue weighted by Crippen LogP contribution is 1.79. The van der Waals surface area contributed by atoms with Gasteiger partial charge in [0.05, 0.1) is 5.35 Å². The van der Waals surface area contributed by atoms with Crippen molar-refractivity contribution in [3.05, 3.63) is 28.4 Å². The molecule has 2 heteroatoms. The molecule has 1 heterocycles. The lowest BCUT2D eigenvalue weighted by atomic mass is 10.3. The first kappa shape index (κ1) is 21.5. The molecule has 0 aliphatic carbocycles. The summed E-state index contributed by atoms with van der Waals surface area (Å²) in [4.78, 5) is 4.30. The number of hydrogen-bond donors (Lipinski definition) is 1. The number of pyridine rings is 1. The zero-order valence-electron chi connectivity index (χ0n) is 12.9. The first-order chi connectivity index (χ1) is 8.69. The topological polar surface area (TPSA) is 38.9 Å². The second kappa shape index (κ2) is 17.6. The number of nitrogens with two attached hydrogens (primary N) is 1. The Balaban J connectivity index is -0.000000274. The lowest BCUT2D eigenvalue weighted by Gasteiger charge is -1.91. The van der Waals surface area contributed by atoms with Crippen LogP contribution in [0.25, 0.3) is 12.3 Å². The highest BCUT2D eigenvalue weighted by Gasteiger charge is 1.85. The first-order valence-electron chi connectivity index (χ1n) is 6.38. The predicted molar refractivity (Wildman–Crippen MR) is 84.2 cm³/mol. The molecule has 0 aliphatic rings. The minimum Gasteiger partial charge on any atom is -0.404 e. The Labute approximate surface area is 113 Å². The lowest BCUT2D eigenvalue weighted by molar-refractivity contribution is 1.13. The third-order valence-electron chi connectivity index (χ3n) is 1.55. The van der Waals surface area contributed by atoms with Gasteiger partial charge >= 0.3 is 0 Å². The van der Waals surface area contributed by atoms with Crippen LogP contribution in [0.2, 0.25) is 0 Å². The van der Waals surface area contributed by atoms with Gasteiger partial charge in [-0.25, -0.2) is 0 Å². The molecule has 0 aromatic carbocycles. The Kier molecular flexibility index (Phi) is 21.1. The summed E-state index contributed by atoms with van der Waals surface area (Å²) in [5, 5.41) is 1.94. The molecular weight excluding hydrogens is 220 g/mol. The van der Waals surface area contributed by atoms with Crippen LogP contribution in [-0.2, 0) is 0 Å². The zero-order chi connectivity index (χ0) is 15.0. The third kappa shape index (κ3) is 10.8. The van der Waals surface area contributed by atoms with Crippen LogP contribution in [-0.4, -0.2) is 4.98 Å². The maximum atomic E-state index is 5.39.